The van der Waals surface area contributed by atoms with Crippen molar-refractivity contribution >= 4 is 23.2 Å². The van der Waals surface area contributed by atoms with Crippen LogP contribution in [0, 0.1) is 0 Å². The molecule has 4 heteroatoms. The molecule has 3 nitrogen and oxygen atoms in total. The highest BCUT2D eigenvalue weighted by Gasteiger charge is 2.05. The number of halogens is 1. The molecule has 18 heavy (non-hydrogen) atoms. The monoisotopic (exact) mass is 261 g/mol. The van der Waals surface area contributed by atoms with Gasteiger partial charge in [0.25, 0.3) is 5.91 Å². The number of hydrogen-bond donors (Lipinski definition) is 1. The van der Waals surface area contributed by atoms with Crippen molar-refractivity contribution < 1.29 is 9.53 Å². The minimum Gasteiger partial charge on any atom is -0.482 e. The van der Waals surface area contributed by atoms with Gasteiger partial charge in [0.2, 0.25) is 0 Å². The molecule has 0 spiro atoms. The molecule has 0 radical (unpaired) electrons. The molecule has 0 saturated heterocycles. The SMILES string of the molecule is O=C(COc1ccccc1Cl)Nc1ccccc1. The van der Waals surface area contributed by atoms with Crippen molar-refractivity contribution in [3.8, 4) is 5.75 Å². The molecule has 0 aliphatic rings. The Kier molecular flexibility index (Phi) is 4.20. The fourth-order valence-electron chi connectivity index (χ4n) is 1.42. The van der Waals surface area contributed by atoms with Gasteiger partial charge in [-0.3, -0.25) is 4.79 Å². The third-order valence-corrected chi connectivity index (χ3v) is 2.57. The molecule has 2 aromatic rings. The molecule has 0 atom stereocenters. The van der Waals surface area contributed by atoms with Crippen LogP contribution < -0.4 is 10.1 Å². The Morgan fingerprint density at radius 3 is 2.44 bits per heavy atom. The Labute approximate surface area is 110 Å². The van der Waals surface area contributed by atoms with Crippen LogP contribution in [-0.2, 0) is 4.79 Å². The molecule has 0 bridgehead atoms. The molecule has 0 saturated carbocycles. The second kappa shape index (κ2) is 6.07. The summed E-state index contributed by atoms with van der Waals surface area (Å²) in [5, 5.41) is 3.22. The van der Waals surface area contributed by atoms with Gasteiger partial charge in [0, 0.05) is 5.69 Å². The maximum absolute atomic E-state index is 11.6. The maximum atomic E-state index is 11.6. The van der Waals surface area contributed by atoms with E-state index >= 15 is 0 Å². The van der Waals surface area contributed by atoms with Crippen molar-refractivity contribution in [2.24, 2.45) is 0 Å². The van der Waals surface area contributed by atoms with Crippen LogP contribution in [0.25, 0.3) is 0 Å². The lowest BCUT2D eigenvalue weighted by Gasteiger charge is -2.08. The van der Waals surface area contributed by atoms with E-state index in [1.165, 1.54) is 0 Å². The van der Waals surface area contributed by atoms with Gasteiger partial charge in [0.15, 0.2) is 6.61 Å². The van der Waals surface area contributed by atoms with Crippen LogP contribution in [0.2, 0.25) is 5.02 Å². The average molecular weight is 262 g/mol. The first kappa shape index (κ1) is 12.5. The van der Waals surface area contributed by atoms with Crippen LogP contribution in [0.15, 0.2) is 54.6 Å². The molecule has 92 valence electrons. The summed E-state index contributed by atoms with van der Waals surface area (Å²) in [4.78, 5) is 11.6. The number of anilines is 1. The molecule has 0 aliphatic carbocycles. The first-order valence-corrected chi connectivity index (χ1v) is 5.86. The van der Waals surface area contributed by atoms with Gasteiger partial charge >= 0.3 is 0 Å². The Balaban J connectivity index is 1.88. The number of carbonyl (C=O) groups is 1. The van der Waals surface area contributed by atoms with Gasteiger partial charge in [-0.05, 0) is 24.3 Å². The minimum absolute atomic E-state index is 0.0708. The summed E-state index contributed by atoms with van der Waals surface area (Å²) in [6.45, 7) is -0.0708. The van der Waals surface area contributed by atoms with E-state index in [-0.39, 0.29) is 12.5 Å². The van der Waals surface area contributed by atoms with E-state index in [1.807, 2.05) is 30.3 Å². The Morgan fingerprint density at radius 2 is 1.72 bits per heavy atom. The summed E-state index contributed by atoms with van der Waals surface area (Å²) < 4.78 is 5.33. The molecular formula is C14H12ClNO2. The van der Waals surface area contributed by atoms with Gasteiger partial charge in [0.05, 0.1) is 5.02 Å². The smallest absolute Gasteiger partial charge is 0.262 e. The standard InChI is InChI=1S/C14H12ClNO2/c15-12-8-4-5-9-13(12)18-10-14(17)16-11-6-2-1-3-7-11/h1-9H,10H2,(H,16,17). The highest BCUT2D eigenvalue weighted by molar-refractivity contribution is 6.32. The van der Waals surface area contributed by atoms with Gasteiger partial charge in [0.1, 0.15) is 5.75 Å². The number of amides is 1. The molecule has 0 heterocycles. The zero-order chi connectivity index (χ0) is 12.8. The van der Waals surface area contributed by atoms with Crippen molar-refractivity contribution in [2.75, 3.05) is 11.9 Å². The number of hydrogen-bond acceptors (Lipinski definition) is 2. The van der Waals surface area contributed by atoms with E-state index in [1.54, 1.807) is 24.3 Å². The minimum atomic E-state index is -0.221. The van der Waals surface area contributed by atoms with Crippen LogP contribution in [0.1, 0.15) is 0 Å². The lowest BCUT2D eigenvalue weighted by Crippen LogP contribution is -2.20. The largest absolute Gasteiger partial charge is 0.482 e. The fraction of sp³-hybridized carbons (Fsp3) is 0.0714. The maximum Gasteiger partial charge on any atom is 0.262 e. The second-order valence-corrected chi connectivity index (χ2v) is 4.04. The van der Waals surface area contributed by atoms with Crippen LogP contribution in [-0.4, -0.2) is 12.5 Å². The van der Waals surface area contributed by atoms with Gasteiger partial charge in [-0.15, -0.1) is 0 Å². The van der Waals surface area contributed by atoms with E-state index < -0.39 is 0 Å². The number of para-hydroxylation sites is 2. The quantitative estimate of drug-likeness (QED) is 0.917. The molecule has 2 aromatic carbocycles. The van der Waals surface area contributed by atoms with Gasteiger partial charge in [-0.2, -0.15) is 0 Å². The van der Waals surface area contributed by atoms with E-state index in [2.05, 4.69) is 5.32 Å². The van der Waals surface area contributed by atoms with Crippen LogP contribution in [0.5, 0.6) is 5.75 Å². The Hall–Kier alpha value is -2.00. The fourth-order valence-corrected chi connectivity index (χ4v) is 1.61. The topological polar surface area (TPSA) is 38.3 Å². The molecule has 0 unspecified atom stereocenters. The van der Waals surface area contributed by atoms with Gasteiger partial charge in [-0.25, -0.2) is 0 Å². The predicted molar refractivity (Wildman–Crippen MR) is 72.0 cm³/mol. The molecule has 2 rings (SSSR count). The zero-order valence-electron chi connectivity index (χ0n) is 9.60. The van der Waals surface area contributed by atoms with Gasteiger partial charge in [-0.1, -0.05) is 41.9 Å². The third kappa shape index (κ3) is 3.50. The van der Waals surface area contributed by atoms with E-state index in [0.717, 1.165) is 5.69 Å². The molecular weight excluding hydrogens is 250 g/mol. The zero-order valence-corrected chi connectivity index (χ0v) is 10.4. The summed E-state index contributed by atoms with van der Waals surface area (Å²) in [5.74, 6) is 0.281. The second-order valence-electron chi connectivity index (χ2n) is 3.63. The number of ether oxygens (including phenoxy) is 1. The Morgan fingerprint density at radius 1 is 1.06 bits per heavy atom. The summed E-state index contributed by atoms with van der Waals surface area (Å²) in [6, 6.07) is 16.3. The highest BCUT2D eigenvalue weighted by Crippen LogP contribution is 2.22. The molecule has 1 amide bonds. The number of carbonyl (C=O) groups excluding carboxylic acids is 1. The van der Waals surface area contributed by atoms with Crippen molar-refractivity contribution in [1.29, 1.82) is 0 Å². The lowest BCUT2D eigenvalue weighted by molar-refractivity contribution is -0.118. The third-order valence-electron chi connectivity index (χ3n) is 2.25. The highest BCUT2D eigenvalue weighted by atomic mass is 35.5. The van der Waals surface area contributed by atoms with Gasteiger partial charge < -0.3 is 10.1 Å². The first-order chi connectivity index (χ1) is 8.75. The van der Waals surface area contributed by atoms with E-state index in [0.29, 0.717) is 10.8 Å². The van der Waals surface area contributed by atoms with Crippen LogP contribution >= 0.6 is 11.6 Å². The summed E-state index contributed by atoms with van der Waals surface area (Å²) in [6.07, 6.45) is 0. The van der Waals surface area contributed by atoms with E-state index in [9.17, 15) is 4.79 Å². The summed E-state index contributed by atoms with van der Waals surface area (Å²) >= 11 is 5.91. The van der Waals surface area contributed by atoms with Crippen LogP contribution in [0.3, 0.4) is 0 Å². The van der Waals surface area contributed by atoms with Crippen molar-refractivity contribution in [1.82, 2.24) is 0 Å². The van der Waals surface area contributed by atoms with Crippen molar-refractivity contribution in [2.45, 2.75) is 0 Å². The predicted octanol–water partition coefficient (Wildman–Crippen LogP) is 3.36. The number of benzene rings is 2. The summed E-state index contributed by atoms with van der Waals surface area (Å²) in [7, 11) is 0. The first-order valence-electron chi connectivity index (χ1n) is 5.48. The normalized spacial score (nSPS) is 9.83. The Bertz CT molecular complexity index is 528. The average Bonchev–Trinajstić information content (AvgIpc) is 2.39. The lowest BCUT2D eigenvalue weighted by atomic mass is 10.3. The molecule has 0 fully saturated rings. The molecule has 1 N–H and O–H groups in total. The van der Waals surface area contributed by atoms with Crippen LogP contribution in [0.4, 0.5) is 5.69 Å². The van der Waals surface area contributed by atoms with Crippen molar-refractivity contribution in [3.05, 3.63) is 59.6 Å². The summed E-state index contributed by atoms with van der Waals surface area (Å²) in [5.41, 5.74) is 0.741. The molecule has 0 aromatic heterocycles. The number of rotatable bonds is 4. The number of nitrogens with one attached hydrogen (secondary N) is 1. The van der Waals surface area contributed by atoms with Crippen molar-refractivity contribution in [3.63, 3.8) is 0 Å². The molecule has 0 aliphatic heterocycles. The van der Waals surface area contributed by atoms with E-state index in [4.69, 9.17) is 16.3 Å².